The third kappa shape index (κ3) is 2.93. The van der Waals surface area contributed by atoms with Crippen molar-refractivity contribution < 1.29 is 14.3 Å². The molecule has 1 saturated carbocycles. The molecule has 1 aliphatic carbocycles. The largest absolute Gasteiger partial charge is 0.486 e. The van der Waals surface area contributed by atoms with Gasteiger partial charge in [-0.1, -0.05) is 43.7 Å². The Morgan fingerprint density at radius 2 is 1.75 bits per heavy atom. The Kier molecular flexibility index (Phi) is 4.16. The van der Waals surface area contributed by atoms with Crippen LogP contribution >= 0.6 is 11.6 Å². The van der Waals surface area contributed by atoms with Crippen molar-refractivity contribution >= 4 is 17.4 Å². The van der Waals surface area contributed by atoms with Crippen LogP contribution in [0.5, 0.6) is 11.5 Å². The molecule has 4 heteroatoms. The lowest BCUT2D eigenvalue weighted by atomic mass is 9.85. The Morgan fingerprint density at radius 3 is 2.45 bits per heavy atom. The van der Waals surface area contributed by atoms with E-state index in [2.05, 4.69) is 0 Å². The van der Waals surface area contributed by atoms with E-state index in [1.54, 1.807) is 12.1 Å². The third-order valence-electron chi connectivity index (χ3n) is 4.13. The molecular weight excluding hydrogens is 276 g/mol. The predicted octanol–water partition coefficient (Wildman–Crippen LogP) is 4.26. The van der Waals surface area contributed by atoms with Crippen molar-refractivity contribution in [1.82, 2.24) is 0 Å². The minimum absolute atomic E-state index is 0.124. The van der Waals surface area contributed by atoms with Crippen LogP contribution in [-0.4, -0.2) is 19.0 Å². The van der Waals surface area contributed by atoms with E-state index in [9.17, 15) is 4.79 Å². The van der Waals surface area contributed by atoms with Crippen LogP contribution in [0.3, 0.4) is 0 Å². The Balaban J connectivity index is 1.76. The molecule has 0 unspecified atom stereocenters. The Hall–Kier alpha value is -1.22. The van der Waals surface area contributed by atoms with Crippen LogP contribution in [-0.2, 0) is 0 Å². The minimum Gasteiger partial charge on any atom is -0.486 e. The molecule has 1 heterocycles. The van der Waals surface area contributed by atoms with Gasteiger partial charge in [0.25, 0.3) is 0 Å². The summed E-state index contributed by atoms with van der Waals surface area (Å²) < 4.78 is 11.0. The number of carbonyl (C=O) groups is 1. The van der Waals surface area contributed by atoms with Crippen LogP contribution in [0.4, 0.5) is 0 Å². The molecule has 1 aromatic rings. The van der Waals surface area contributed by atoms with Crippen molar-refractivity contribution in [3.05, 3.63) is 22.7 Å². The zero-order valence-electron chi connectivity index (χ0n) is 11.5. The van der Waals surface area contributed by atoms with E-state index >= 15 is 0 Å². The second-order valence-corrected chi connectivity index (χ2v) is 6.01. The van der Waals surface area contributed by atoms with Gasteiger partial charge in [0.15, 0.2) is 17.3 Å². The predicted molar refractivity (Wildman–Crippen MR) is 78.0 cm³/mol. The second-order valence-electron chi connectivity index (χ2n) is 5.61. The summed E-state index contributed by atoms with van der Waals surface area (Å²) in [5, 5.41) is 0.468. The molecule has 0 N–H and O–H groups in total. The topological polar surface area (TPSA) is 35.5 Å². The normalized spacial score (nSPS) is 18.9. The third-order valence-corrected chi connectivity index (χ3v) is 4.44. The zero-order chi connectivity index (χ0) is 13.9. The number of fused-ring (bicyclic) bond motifs is 1. The molecule has 2 aliphatic rings. The van der Waals surface area contributed by atoms with Crippen molar-refractivity contribution in [2.45, 2.75) is 38.5 Å². The molecule has 0 saturated heterocycles. The molecule has 0 aromatic heterocycles. The highest BCUT2D eigenvalue weighted by molar-refractivity contribution is 6.34. The number of halogens is 1. The van der Waals surface area contributed by atoms with E-state index in [1.807, 2.05) is 0 Å². The molecule has 3 rings (SSSR count). The minimum atomic E-state index is 0.124. The second kappa shape index (κ2) is 6.04. The summed E-state index contributed by atoms with van der Waals surface area (Å²) in [5.74, 6) is 1.91. The van der Waals surface area contributed by atoms with Gasteiger partial charge in [0, 0.05) is 18.1 Å². The summed E-state index contributed by atoms with van der Waals surface area (Å²) in [4.78, 5) is 12.4. The first kappa shape index (κ1) is 13.7. The molecule has 0 atom stereocenters. The summed E-state index contributed by atoms with van der Waals surface area (Å²) in [6.45, 7) is 1.05. The summed E-state index contributed by atoms with van der Waals surface area (Å²) in [7, 11) is 0. The first-order valence-electron chi connectivity index (χ1n) is 7.36. The molecule has 0 bridgehead atoms. The maximum Gasteiger partial charge on any atom is 0.164 e. The highest BCUT2D eigenvalue weighted by atomic mass is 35.5. The molecular formula is C16H19ClO3. The first-order valence-corrected chi connectivity index (χ1v) is 7.74. The van der Waals surface area contributed by atoms with Gasteiger partial charge in [0.2, 0.25) is 0 Å². The van der Waals surface area contributed by atoms with E-state index in [-0.39, 0.29) is 5.78 Å². The van der Waals surface area contributed by atoms with Crippen molar-refractivity contribution in [3.63, 3.8) is 0 Å². The molecule has 3 nitrogen and oxygen atoms in total. The summed E-state index contributed by atoms with van der Waals surface area (Å²) in [6.07, 6.45) is 6.70. The fourth-order valence-electron chi connectivity index (χ4n) is 3.04. The van der Waals surface area contributed by atoms with E-state index in [0.29, 0.717) is 47.6 Å². The maximum absolute atomic E-state index is 12.4. The van der Waals surface area contributed by atoms with Crippen molar-refractivity contribution in [2.24, 2.45) is 5.92 Å². The summed E-state index contributed by atoms with van der Waals surface area (Å²) in [6, 6.07) is 3.44. The van der Waals surface area contributed by atoms with E-state index < -0.39 is 0 Å². The van der Waals surface area contributed by atoms with Gasteiger partial charge in [-0.05, 0) is 12.0 Å². The molecule has 0 amide bonds. The number of ketones is 1. The SMILES string of the molecule is O=C(CC1CCCCC1)c1cc2c(cc1Cl)OCCO2. The number of Topliss-reactive ketones (excluding diaryl/α,β-unsaturated/α-hetero) is 1. The van der Waals surface area contributed by atoms with Crippen LogP contribution in [0.25, 0.3) is 0 Å². The van der Waals surface area contributed by atoms with Crippen molar-refractivity contribution in [1.29, 1.82) is 0 Å². The van der Waals surface area contributed by atoms with Crippen LogP contribution in [0.15, 0.2) is 12.1 Å². The van der Waals surface area contributed by atoms with E-state index in [0.717, 1.165) is 12.8 Å². The molecule has 1 aromatic carbocycles. The van der Waals surface area contributed by atoms with Gasteiger partial charge in [-0.2, -0.15) is 0 Å². The van der Waals surface area contributed by atoms with Gasteiger partial charge < -0.3 is 9.47 Å². The van der Waals surface area contributed by atoms with Crippen molar-refractivity contribution in [3.8, 4) is 11.5 Å². The van der Waals surface area contributed by atoms with E-state index in [4.69, 9.17) is 21.1 Å². The average molecular weight is 295 g/mol. The van der Waals surface area contributed by atoms with Gasteiger partial charge >= 0.3 is 0 Å². The standard InChI is InChI=1S/C16H19ClO3/c17-13-10-16-15(19-6-7-20-16)9-12(13)14(18)8-11-4-2-1-3-5-11/h9-11H,1-8H2. The van der Waals surface area contributed by atoms with Crippen LogP contribution in [0.1, 0.15) is 48.9 Å². The van der Waals surface area contributed by atoms with Crippen molar-refractivity contribution in [2.75, 3.05) is 13.2 Å². The Bertz CT molecular complexity index is 507. The molecule has 1 fully saturated rings. The highest BCUT2D eigenvalue weighted by Gasteiger charge is 2.22. The summed E-state index contributed by atoms with van der Waals surface area (Å²) >= 11 is 6.22. The fraction of sp³-hybridized carbons (Fsp3) is 0.562. The van der Waals surface area contributed by atoms with Crippen LogP contribution in [0.2, 0.25) is 5.02 Å². The smallest absolute Gasteiger partial charge is 0.164 e. The average Bonchev–Trinajstić information content (AvgIpc) is 2.47. The molecule has 1 aliphatic heterocycles. The molecule has 0 spiro atoms. The molecule has 108 valence electrons. The summed E-state index contributed by atoms with van der Waals surface area (Å²) in [5.41, 5.74) is 0.571. The van der Waals surface area contributed by atoms with Gasteiger partial charge in [-0.25, -0.2) is 0 Å². The monoisotopic (exact) mass is 294 g/mol. The van der Waals surface area contributed by atoms with Gasteiger partial charge in [-0.3, -0.25) is 4.79 Å². The fourth-order valence-corrected chi connectivity index (χ4v) is 3.30. The number of ether oxygens (including phenoxy) is 2. The number of carbonyl (C=O) groups excluding carboxylic acids is 1. The van der Waals surface area contributed by atoms with Crippen LogP contribution in [0, 0.1) is 5.92 Å². The molecule has 0 radical (unpaired) electrons. The quantitative estimate of drug-likeness (QED) is 0.781. The maximum atomic E-state index is 12.4. The van der Waals surface area contributed by atoms with Gasteiger partial charge in [0.1, 0.15) is 13.2 Å². The number of rotatable bonds is 3. The lowest BCUT2D eigenvalue weighted by Gasteiger charge is -2.22. The Morgan fingerprint density at radius 1 is 1.10 bits per heavy atom. The van der Waals surface area contributed by atoms with Crippen LogP contribution < -0.4 is 9.47 Å². The number of hydrogen-bond acceptors (Lipinski definition) is 3. The number of benzene rings is 1. The first-order chi connectivity index (χ1) is 9.74. The number of hydrogen-bond donors (Lipinski definition) is 0. The Labute approximate surface area is 124 Å². The molecule has 20 heavy (non-hydrogen) atoms. The zero-order valence-corrected chi connectivity index (χ0v) is 12.2. The lowest BCUT2D eigenvalue weighted by Crippen LogP contribution is -2.17. The highest BCUT2D eigenvalue weighted by Crippen LogP contribution is 2.37. The van der Waals surface area contributed by atoms with Gasteiger partial charge in [-0.15, -0.1) is 0 Å². The van der Waals surface area contributed by atoms with E-state index in [1.165, 1.54) is 19.3 Å². The van der Waals surface area contributed by atoms with Gasteiger partial charge in [0.05, 0.1) is 5.02 Å². The lowest BCUT2D eigenvalue weighted by molar-refractivity contribution is 0.0949.